The van der Waals surface area contributed by atoms with Crippen LogP contribution in [-0.2, 0) is 4.79 Å². The Balaban J connectivity index is 1.56. The molecule has 1 aliphatic rings. The topological polar surface area (TPSA) is 54.6 Å². The number of amides is 1. The Morgan fingerprint density at radius 3 is 2.64 bits per heavy atom. The molecule has 0 atom stereocenters. The summed E-state index contributed by atoms with van der Waals surface area (Å²) in [4.78, 5) is 17.2. The van der Waals surface area contributed by atoms with E-state index in [9.17, 15) is 4.79 Å². The van der Waals surface area contributed by atoms with Gasteiger partial charge in [0.2, 0.25) is 0 Å². The van der Waals surface area contributed by atoms with E-state index in [1.54, 1.807) is 30.3 Å². The maximum absolute atomic E-state index is 12.2. The number of furan rings is 1. The summed E-state index contributed by atoms with van der Waals surface area (Å²) in [5, 5.41) is 4.18. The molecule has 1 amide bonds. The molecule has 4 rings (SSSR count). The van der Waals surface area contributed by atoms with Crippen molar-refractivity contribution in [2.45, 2.75) is 0 Å². The van der Waals surface area contributed by atoms with Crippen LogP contribution in [0.4, 0.5) is 5.69 Å². The maximum Gasteiger partial charge on any atom is 0.264 e. The quantitative estimate of drug-likeness (QED) is 0.295. The molecule has 8 heteroatoms. The fourth-order valence-corrected chi connectivity index (χ4v) is 4.09. The van der Waals surface area contributed by atoms with E-state index in [2.05, 4.69) is 32.9 Å². The SMILES string of the molecule is O=C1NC(=Nc2ccc(I)cc2)S/C1=C/c1ccc(-c2cccc(Cl)c2Cl)o1. The highest BCUT2D eigenvalue weighted by molar-refractivity contribution is 14.1. The molecular formula is C20H11Cl2IN2O2S. The smallest absolute Gasteiger partial charge is 0.264 e. The molecule has 28 heavy (non-hydrogen) atoms. The van der Waals surface area contributed by atoms with Crippen LogP contribution in [-0.4, -0.2) is 11.1 Å². The highest BCUT2D eigenvalue weighted by atomic mass is 127. The van der Waals surface area contributed by atoms with E-state index in [0.717, 1.165) is 9.26 Å². The van der Waals surface area contributed by atoms with Crippen LogP contribution in [0.2, 0.25) is 10.0 Å². The van der Waals surface area contributed by atoms with E-state index >= 15 is 0 Å². The minimum atomic E-state index is -0.215. The monoisotopic (exact) mass is 540 g/mol. The Morgan fingerprint density at radius 1 is 1.07 bits per heavy atom. The van der Waals surface area contributed by atoms with Crippen molar-refractivity contribution in [2.75, 3.05) is 0 Å². The van der Waals surface area contributed by atoms with E-state index in [-0.39, 0.29) is 5.91 Å². The van der Waals surface area contributed by atoms with E-state index in [1.807, 2.05) is 30.3 Å². The number of nitrogens with zero attached hydrogens (tertiary/aromatic N) is 1. The second-order valence-electron chi connectivity index (χ2n) is 5.76. The Labute approximate surface area is 189 Å². The zero-order valence-electron chi connectivity index (χ0n) is 14.1. The normalized spacial score (nSPS) is 16.8. The van der Waals surface area contributed by atoms with Gasteiger partial charge >= 0.3 is 0 Å². The number of nitrogens with one attached hydrogen (secondary N) is 1. The van der Waals surface area contributed by atoms with Crippen molar-refractivity contribution in [3.05, 3.63) is 78.9 Å². The maximum atomic E-state index is 12.2. The number of benzene rings is 2. The number of hydrogen-bond donors (Lipinski definition) is 1. The van der Waals surface area contributed by atoms with Crippen molar-refractivity contribution in [3.8, 4) is 11.3 Å². The van der Waals surface area contributed by atoms with Crippen molar-refractivity contribution in [1.82, 2.24) is 5.32 Å². The number of halogens is 3. The molecule has 0 aliphatic carbocycles. The number of rotatable bonds is 3. The average molecular weight is 541 g/mol. The molecule has 2 aromatic carbocycles. The highest BCUT2D eigenvalue weighted by Crippen LogP contribution is 2.35. The largest absolute Gasteiger partial charge is 0.457 e. The third kappa shape index (κ3) is 4.30. The summed E-state index contributed by atoms with van der Waals surface area (Å²) >= 11 is 15.8. The minimum absolute atomic E-state index is 0.215. The van der Waals surface area contributed by atoms with Gasteiger partial charge in [-0.15, -0.1) is 0 Å². The summed E-state index contributed by atoms with van der Waals surface area (Å²) in [5.74, 6) is 0.905. The molecule has 0 unspecified atom stereocenters. The van der Waals surface area contributed by atoms with Crippen molar-refractivity contribution < 1.29 is 9.21 Å². The third-order valence-electron chi connectivity index (χ3n) is 3.83. The Morgan fingerprint density at radius 2 is 1.86 bits per heavy atom. The van der Waals surface area contributed by atoms with Crippen molar-refractivity contribution in [1.29, 1.82) is 0 Å². The summed E-state index contributed by atoms with van der Waals surface area (Å²) in [7, 11) is 0. The van der Waals surface area contributed by atoms with Crippen LogP contribution >= 0.6 is 57.6 Å². The number of carbonyl (C=O) groups excluding carboxylic acids is 1. The number of thioether (sulfide) groups is 1. The number of carbonyl (C=O) groups is 1. The molecule has 4 nitrogen and oxygen atoms in total. The zero-order valence-corrected chi connectivity index (χ0v) is 18.6. The summed E-state index contributed by atoms with van der Waals surface area (Å²) in [6, 6.07) is 16.6. The summed E-state index contributed by atoms with van der Waals surface area (Å²) < 4.78 is 6.95. The van der Waals surface area contributed by atoms with Gasteiger partial charge < -0.3 is 9.73 Å². The lowest BCUT2D eigenvalue weighted by Crippen LogP contribution is -2.19. The van der Waals surface area contributed by atoms with Gasteiger partial charge in [-0.05, 0) is 82.9 Å². The predicted octanol–water partition coefficient (Wildman–Crippen LogP) is 6.75. The number of hydrogen-bond acceptors (Lipinski definition) is 4. The lowest BCUT2D eigenvalue weighted by atomic mass is 10.2. The summed E-state index contributed by atoms with van der Waals surface area (Å²) in [6.07, 6.45) is 1.68. The summed E-state index contributed by atoms with van der Waals surface area (Å²) in [6.45, 7) is 0. The molecule has 0 spiro atoms. The van der Waals surface area contributed by atoms with Gasteiger partial charge in [0.15, 0.2) is 5.17 Å². The van der Waals surface area contributed by atoms with Crippen LogP contribution in [0.1, 0.15) is 5.76 Å². The van der Waals surface area contributed by atoms with Gasteiger partial charge in [-0.1, -0.05) is 29.3 Å². The van der Waals surface area contributed by atoms with Gasteiger partial charge in [-0.25, -0.2) is 4.99 Å². The van der Waals surface area contributed by atoms with E-state index in [0.29, 0.717) is 37.2 Å². The second-order valence-corrected chi connectivity index (χ2v) is 8.82. The molecule has 0 saturated carbocycles. The first-order valence-electron chi connectivity index (χ1n) is 8.09. The molecule has 1 aromatic heterocycles. The lowest BCUT2D eigenvalue weighted by Gasteiger charge is -2.01. The first-order valence-corrected chi connectivity index (χ1v) is 10.7. The van der Waals surface area contributed by atoms with Crippen molar-refractivity contribution >= 4 is 80.4 Å². The molecule has 1 fully saturated rings. The molecule has 1 N–H and O–H groups in total. The standard InChI is InChI=1S/C20H11Cl2IN2O2S/c21-15-3-1-2-14(18(15)22)16-9-8-13(27-16)10-17-19(26)25-20(28-17)24-12-6-4-11(23)5-7-12/h1-10H,(H,24,25,26)/b17-10+. The molecule has 140 valence electrons. The van der Waals surface area contributed by atoms with Crippen molar-refractivity contribution in [3.63, 3.8) is 0 Å². The average Bonchev–Trinajstić information content (AvgIpc) is 3.26. The fourth-order valence-electron chi connectivity index (χ4n) is 2.51. The molecule has 0 bridgehead atoms. The number of aliphatic imine (C=N–C) groups is 1. The van der Waals surface area contributed by atoms with Gasteiger partial charge in [-0.3, -0.25) is 4.79 Å². The first-order chi connectivity index (χ1) is 13.5. The fraction of sp³-hybridized carbons (Fsp3) is 0. The van der Waals surface area contributed by atoms with Crippen LogP contribution in [0.5, 0.6) is 0 Å². The third-order valence-corrected chi connectivity index (χ3v) is 6.27. The van der Waals surface area contributed by atoms with Gasteiger partial charge in [0, 0.05) is 15.2 Å². The van der Waals surface area contributed by atoms with Crippen LogP contribution in [0.3, 0.4) is 0 Å². The molecule has 1 saturated heterocycles. The number of amidine groups is 1. The molecule has 2 heterocycles. The predicted molar refractivity (Wildman–Crippen MR) is 124 cm³/mol. The van der Waals surface area contributed by atoms with Gasteiger partial charge in [0.1, 0.15) is 11.5 Å². The molecule has 1 aliphatic heterocycles. The van der Waals surface area contributed by atoms with Crippen LogP contribution in [0, 0.1) is 3.57 Å². The van der Waals surface area contributed by atoms with Crippen LogP contribution in [0.15, 0.2) is 68.9 Å². The Bertz CT molecular complexity index is 1120. The van der Waals surface area contributed by atoms with Gasteiger partial charge in [-0.2, -0.15) is 0 Å². The Hall–Kier alpha value is -1.74. The van der Waals surface area contributed by atoms with E-state index in [4.69, 9.17) is 27.6 Å². The highest BCUT2D eigenvalue weighted by Gasteiger charge is 2.24. The zero-order chi connectivity index (χ0) is 19.7. The second kappa shape index (κ2) is 8.32. The van der Waals surface area contributed by atoms with Gasteiger partial charge in [0.25, 0.3) is 5.91 Å². The van der Waals surface area contributed by atoms with E-state index < -0.39 is 0 Å². The van der Waals surface area contributed by atoms with Crippen LogP contribution in [0.25, 0.3) is 17.4 Å². The van der Waals surface area contributed by atoms with Crippen molar-refractivity contribution in [2.24, 2.45) is 4.99 Å². The Kier molecular flexibility index (Phi) is 5.82. The van der Waals surface area contributed by atoms with E-state index in [1.165, 1.54) is 11.8 Å². The minimum Gasteiger partial charge on any atom is -0.457 e. The molecule has 3 aromatic rings. The summed E-state index contributed by atoms with van der Waals surface area (Å²) in [5.41, 5.74) is 1.48. The molecular weight excluding hydrogens is 530 g/mol. The first kappa shape index (κ1) is 19.6. The molecule has 0 radical (unpaired) electrons. The lowest BCUT2D eigenvalue weighted by molar-refractivity contribution is -0.115. The van der Waals surface area contributed by atoms with Gasteiger partial charge in [0.05, 0.1) is 20.6 Å². The van der Waals surface area contributed by atoms with Crippen LogP contribution < -0.4 is 5.32 Å².